The zero-order chi connectivity index (χ0) is 9.45. The summed E-state index contributed by atoms with van der Waals surface area (Å²) >= 11 is 0. The summed E-state index contributed by atoms with van der Waals surface area (Å²) in [6.45, 7) is 0. The van der Waals surface area contributed by atoms with E-state index in [1.54, 1.807) is 0 Å². The van der Waals surface area contributed by atoms with Crippen molar-refractivity contribution in [1.29, 1.82) is 0 Å². The van der Waals surface area contributed by atoms with Gasteiger partial charge in [0.15, 0.2) is 0 Å². The number of phosphoric acid groups is 1. The topological polar surface area (TPSA) is 89.8 Å². The molecule has 0 fully saturated rings. The monoisotopic (exact) mass is 191 g/mol. The van der Waals surface area contributed by atoms with Crippen LogP contribution in [-0.4, -0.2) is 14.7 Å². The number of hydrogen-bond donors (Lipinski definition) is 4. The molecule has 0 aromatic rings. The van der Waals surface area contributed by atoms with E-state index in [1.807, 2.05) is 36.7 Å². The van der Waals surface area contributed by atoms with Gasteiger partial charge in [-0.15, -0.1) is 0 Å². The largest absolute Gasteiger partial charge is 0.466 e. The van der Waals surface area contributed by atoms with Crippen molar-refractivity contribution in [3.05, 3.63) is 36.7 Å². The van der Waals surface area contributed by atoms with Gasteiger partial charge < -0.3 is 20.0 Å². The van der Waals surface area contributed by atoms with Gasteiger partial charge in [0.25, 0.3) is 0 Å². The zero-order valence-corrected chi connectivity index (χ0v) is 7.06. The van der Waals surface area contributed by atoms with Gasteiger partial charge in [0.2, 0.25) is 0 Å². The van der Waals surface area contributed by atoms with Gasteiger partial charge in [-0.05, 0) is 12.2 Å². The van der Waals surface area contributed by atoms with Gasteiger partial charge in [0.05, 0.1) is 0 Å². The van der Waals surface area contributed by atoms with Crippen molar-refractivity contribution in [2.75, 3.05) is 0 Å². The molecule has 0 bridgehead atoms. The quantitative estimate of drug-likeness (QED) is 0.412. The van der Waals surface area contributed by atoms with Crippen LogP contribution in [0.1, 0.15) is 0 Å². The molecular formula is C6H10NO4P. The summed E-state index contributed by atoms with van der Waals surface area (Å²) in [5.41, 5.74) is 0. The van der Waals surface area contributed by atoms with Crippen LogP contribution in [-0.2, 0) is 4.57 Å². The SMILES string of the molecule is C1=CC=CNC=C1.O=P(O)(O)O. The molecule has 1 rings (SSSR count). The summed E-state index contributed by atoms with van der Waals surface area (Å²) in [5.74, 6) is 0. The number of rotatable bonds is 0. The molecular weight excluding hydrogens is 181 g/mol. The molecule has 0 aliphatic carbocycles. The summed E-state index contributed by atoms with van der Waals surface area (Å²) < 4.78 is 8.88. The Morgan fingerprint density at radius 3 is 1.58 bits per heavy atom. The zero-order valence-electron chi connectivity index (χ0n) is 6.16. The minimum Gasteiger partial charge on any atom is -0.368 e. The van der Waals surface area contributed by atoms with Crippen LogP contribution in [0.5, 0.6) is 0 Å². The molecule has 1 aliphatic heterocycles. The number of nitrogens with one attached hydrogen (secondary N) is 1. The lowest BCUT2D eigenvalue weighted by atomic mass is 10.5. The Labute approximate surface area is 70.0 Å². The average molecular weight is 191 g/mol. The van der Waals surface area contributed by atoms with E-state index in [0.717, 1.165) is 0 Å². The minimum absolute atomic E-state index is 1.88. The lowest BCUT2D eigenvalue weighted by molar-refractivity contribution is 0.275. The Kier molecular flexibility index (Phi) is 5.32. The van der Waals surface area contributed by atoms with Crippen molar-refractivity contribution in [1.82, 2.24) is 5.32 Å². The van der Waals surface area contributed by atoms with E-state index in [9.17, 15) is 0 Å². The highest BCUT2D eigenvalue weighted by Crippen LogP contribution is 2.25. The fourth-order valence-corrected chi connectivity index (χ4v) is 0.406. The van der Waals surface area contributed by atoms with Gasteiger partial charge in [0.1, 0.15) is 0 Å². The molecule has 0 amide bonds. The summed E-state index contributed by atoms with van der Waals surface area (Å²) in [4.78, 5) is 21.6. The van der Waals surface area contributed by atoms with Gasteiger partial charge in [0, 0.05) is 12.4 Å². The average Bonchev–Trinajstić information content (AvgIpc) is 2.10. The lowest BCUT2D eigenvalue weighted by Crippen LogP contribution is -1.87. The van der Waals surface area contributed by atoms with E-state index < -0.39 is 7.82 Å². The van der Waals surface area contributed by atoms with E-state index in [2.05, 4.69) is 5.32 Å². The molecule has 0 aromatic heterocycles. The molecule has 0 atom stereocenters. The molecule has 0 radical (unpaired) electrons. The second-order valence-electron chi connectivity index (χ2n) is 1.78. The van der Waals surface area contributed by atoms with Crippen LogP contribution in [0.4, 0.5) is 0 Å². The van der Waals surface area contributed by atoms with Crippen molar-refractivity contribution < 1.29 is 19.2 Å². The molecule has 12 heavy (non-hydrogen) atoms. The second-order valence-corrected chi connectivity index (χ2v) is 2.81. The molecule has 68 valence electrons. The Morgan fingerprint density at radius 2 is 1.25 bits per heavy atom. The maximum atomic E-state index is 8.88. The van der Waals surface area contributed by atoms with Gasteiger partial charge in [-0.25, -0.2) is 4.57 Å². The van der Waals surface area contributed by atoms with Crippen molar-refractivity contribution in [2.45, 2.75) is 0 Å². The summed E-state index contributed by atoms with van der Waals surface area (Å²) in [5, 5.41) is 2.92. The fraction of sp³-hybridized carbons (Fsp3) is 0. The third-order valence-corrected chi connectivity index (χ3v) is 0.718. The summed E-state index contributed by atoms with van der Waals surface area (Å²) in [6, 6.07) is 0. The molecule has 0 spiro atoms. The maximum absolute atomic E-state index is 8.88. The van der Waals surface area contributed by atoms with Crippen LogP contribution in [0.2, 0.25) is 0 Å². The normalized spacial score (nSPS) is 14.2. The number of allylic oxidation sites excluding steroid dienone is 4. The van der Waals surface area contributed by atoms with Crippen molar-refractivity contribution in [3.8, 4) is 0 Å². The van der Waals surface area contributed by atoms with Crippen LogP contribution >= 0.6 is 7.82 Å². The smallest absolute Gasteiger partial charge is 0.368 e. The van der Waals surface area contributed by atoms with Gasteiger partial charge in [-0.1, -0.05) is 12.2 Å². The predicted octanol–water partition coefficient (Wildman–Crippen LogP) is 0.245. The Hall–Kier alpha value is -0.870. The highest BCUT2D eigenvalue weighted by atomic mass is 31.2. The highest BCUT2D eigenvalue weighted by molar-refractivity contribution is 7.45. The molecule has 0 unspecified atom stereocenters. The van der Waals surface area contributed by atoms with Gasteiger partial charge >= 0.3 is 7.82 Å². The second kappa shape index (κ2) is 5.74. The van der Waals surface area contributed by atoms with E-state index in [4.69, 9.17) is 19.2 Å². The third-order valence-electron chi connectivity index (χ3n) is 0.718. The van der Waals surface area contributed by atoms with E-state index in [0.29, 0.717) is 0 Å². The standard InChI is InChI=1S/C6H7N.H3O4P/c1-2-4-6-7-5-3-1;1-5(2,3)4/h1-7H;(H3,1,2,3,4). The fourth-order valence-electron chi connectivity index (χ4n) is 0.406. The first kappa shape index (κ1) is 11.1. The summed E-state index contributed by atoms with van der Waals surface area (Å²) in [7, 11) is -4.64. The lowest BCUT2D eigenvalue weighted by Gasteiger charge is -1.82. The molecule has 1 heterocycles. The van der Waals surface area contributed by atoms with Crippen molar-refractivity contribution in [2.24, 2.45) is 0 Å². The Bertz CT molecular complexity index is 218. The van der Waals surface area contributed by atoms with Crippen LogP contribution in [0, 0.1) is 0 Å². The maximum Gasteiger partial charge on any atom is 0.466 e. The van der Waals surface area contributed by atoms with Gasteiger partial charge in [-0.3, -0.25) is 0 Å². The summed E-state index contributed by atoms with van der Waals surface area (Å²) in [6.07, 6.45) is 11.6. The first-order chi connectivity index (χ1) is 5.50. The molecule has 5 nitrogen and oxygen atoms in total. The third kappa shape index (κ3) is 16.1. The van der Waals surface area contributed by atoms with Gasteiger partial charge in [-0.2, -0.15) is 0 Å². The van der Waals surface area contributed by atoms with Crippen LogP contribution in [0.25, 0.3) is 0 Å². The number of hydrogen-bond acceptors (Lipinski definition) is 2. The molecule has 0 aromatic carbocycles. The first-order valence-electron chi connectivity index (χ1n) is 3.03. The highest BCUT2D eigenvalue weighted by Gasteiger charge is 2.00. The Morgan fingerprint density at radius 1 is 0.917 bits per heavy atom. The van der Waals surface area contributed by atoms with E-state index in [1.165, 1.54) is 0 Å². The molecule has 1 aliphatic rings. The Balaban J connectivity index is 0.000000217. The van der Waals surface area contributed by atoms with E-state index in [-0.39, 0.29) is 0 Å². The molecule has 6 heteroatoms. The van der Waals surface area contributed by atoms with Crippen molar-refractivity contribution in [3.63, 3.8) is 0 Å². The van der Waals surface area contributed by atoms with Crippen LogP contribution in [0.15, 0.2) is 36.7 Å². The van der Waals surface area contributed by atoms with Crippen LogP contribution < -0.4 is 5.32 Å². The van der Waals surface area contributed by atoms with E-state index >= 15 is 0 Å². The van der Waals surface area contributed by atoms with Crippen molar-refractivity contribution >= 4 is 7.82 Å². The predicted molar refractivity (Wildman–Crippen MR) is 44.8 cm³/mol. The molecule has 0 saturated carbocycles. The van der Waals surface area contributed by atoms with Crippen LogP contribution in [0.3, 0.4) is 0 Å². The molecule has 4 N–H and O–H groups in total. The minimum atomic E-state index is -4.64. The first-order valence-corrected chi connectivity index (χ1v) is 4.59. The molecule has 0 saturated heterocycles.